The first-order valence-corrected chi connectivity index (χ1v) is 11.8. The van der Waals surface area contributed by atoms with Crippen molar-refractivity contribution in [2.24, 2.45) is 13.0 Å². The zero-order valence-corrected chi connectivity index (χ0v) is 18.9. The van der Waals surface area contributed by atoms with Crippen molar-refractivity contribution in [1.82, 2.24) is 24.9 Å². The van der Waals surface area contributed by atoms with Gasteiger partial charge in [-0.15, -0.1) is 11.3 Å². The molecule has 2 fully saturated rings. The average Bonchev–Trinajstić information content (AvgIpc) is 3.49. The molecule has 2 aromatic heterocycles. The Morgan fingerprint density at radius 2 is 2.06 bits per heavy atom. The van der Waals surface area contributed by atoms with E-state index in [1.165, 1.54) is 4.90 Å². The molecule has 4 rings (SSSR count). The summed E-state index contributed by atoms with van der Waals surface area (Å²) in [6, 6.07) is 5.44. The molecule has 4 amide bonds. The van der Waals surface area contributed by atoms with Crippen molar-refractivity contribution in [3.05, 3.63) is 40.3 Å². The minimum atomic E-state index is -0.858. The maximum Gasteiger partial charge on any atom is 0.325 e. The highest BCUT2D eigenvalue weighted by atomic mass is 32.1. The van der Waals surface area contributed by atoms with E-state index in [2.05, 4.69) is 10.4 Å². The third kappa shape index (κ3) is 3.98. The summed E-state index contributed by atoms with van der Waals surface area (Å²) < 4.78 is 1.58. The fourth-order valence-electron chi connectivity index (χ4n) is 4.89. The second-order valence-corrected chi connectivity index (χ2v) is 9.38. The molecule has 0 spiro atoms. The molecule has 0 bridgehead atoms. The standard InChI is InChI=1S/C22H29N5O3S/c1-3-10-22(20(29)27(21(30)24-22)14-9-17-5-4-15-31-17)16-7-12-26(13-8-16)19(28)18-6-11-23-25(18)2/h4-6,11,15-16H,3,7-10,12-14H2,1-2H3,(H,24,30). The van der Waals surface area contributed by atoms with Gasteiger partial charge in [-0.25, -0.2) is 4.79 Å². The lowest BCUT2D eigenvalue weighted by molar-refractivity contribution is -0.134. The number of carbonyl (C=O) groups excluding carboxylic acids is 3. The number of thiophene rings is 1. The number of imide groups is 1. The van der Waals surface area contributed by atoms with Crippen molar-refractivity contribution >= 4 is 29.2 Å². The number of piperidine rings is 1. The molecule has 0 radical (unpaired) electrons. The van der Waals surface area contributed by atoms with E-state index in [9.17, 15) is 14.4 Å². The van der Waals surface area contributed by atoms with Crippen LogP contribution in [-0.4, -0.2) is 62.6 Å². The number of aromatic nitrogens is 2. The third-order valence-corrected chi connectivity index (χ3v) is 7.46. The van der Waals surface area contributed by atoms with Gasteiger partial charge in [0.15, 0.2) is 0 Å². The Balaban J connectivity index is 1.45. The zero-order chi connectivity index (χ0) is 22.0. The summed E-state index contributed by atoms with van der Waals surface area (Å²) >= 11 is 1.64. The summed E-state index contributed by atoms with van der Waals surface area (Å²) in [6.45, 7) is 3.57. The van der Waals surface area contributed by atoms with Crippen LogP contribution in [0.2, 0.25) is 0 Å². The van der Waals surface area contributed by atoms with Gasteiger partial charge in [0.05, 0.1) is 0 Å². The summed E-state index contributed by atoms with van der Waals surface area (Å²) in [5.74, 6) is -0.124. The van der Waals surface area contributed by atoms with Gasteiger partial charge < -0.3 is 10.2 Å². The Morgan fingerprint density at radius 1 is 1.29 bits per heavy atom. The van der Waals surface area contributed by atoms with Gasteiger partial charge >= 0.3 is 6.03 Å². The Morgan fingerprint density at radius 3 is 2.68 bits per heavy atom. The number of hydrogen-bond acceptors (Lipinski definition) is 5. The maximum atomic E-state index is 13.5. The monoisotopic (exact) mass is 443 g/mol. The zero-order valence-electron chi connectivity index (χ0n) is 18.0. The van der Waals surface area contributed by atoms with Crippen LogP contribution in [0.25, 0.3) is 0 Å². The molecule has 2 aliphatic heterocycles. The van der Waals surface area contributed by atoms with Gasteiger partial charge in [-0.05, 0) is 49.1 Å². The number of rotatable bonds is 7. The second-order valence-electron chi connectivity index (χ2n) is 8.34. The molecule has 4 heterocycles. The van der Waals surface area contributed by atoms with Crippen LogP contribution < -0.4 is 5.32 Å². The molecule has 0 aromatic carbocycles. The van der Waals surface area contributed by atoms with Gasteiger partial charge in [0.25, 0.3) is 11.8 Å². The smallest absolute Gasteiger partial charge is 0.325 e. The first-order valence-electron chi connectivity index (χ1n) is 10.9. The van der Waals surface area contributed by atoms with E-state index in [1.807, 2.05) is 29.3 Å². The molecule has 0 aliphatic carbocycles. The molecule has 0 saturated carbocycles. The van der Waals surface area contributed by atoms with Crippen molar-refractivity contribution in [3.63, 3.8) is 0 Å². The van der Waals surface area contributed by atoms with Crippen LogP contribution in [0.15, 0.2) is 29.8 Å². The Labute approximate surface area is 186 Å². The average molecular weight is 444 g/mol. The molecule has 2 aliphatic rings. The predicted octanol–water partition coefficient (Wildman–Crippen LogP) is 2.67. The van der Waals surface area contributed by atoms with E-state index in [-0.39, 0.29) is 23.8 Å². The van der Waals surface area contributed by atoms with E-state index in [4.69, 9.17) is 0 Å². The van der Waals surface area contributed by atoms with Crippen molar-refractivity contribution in [2.45, 2.75) is 44.6 Å². The van der Waals surface area contributed by atoms with Crippen LogP contribution in [0.4, 0.5) is 4.79 Å². The lowest BCUT2D eigenvalue weighted by Gasteiger charge is -2.40. The van der Waals surface area contributed by atoms with Gasteiger partial charge in [-0.2, -0.15) is 5.10 Å². The number of hydrogen-bond donors (Lipinski definition) is 1. The molecule has 166 valence electrons. The fourth-order valence-corrected chi connectivity index (χ4v) is 5.59. The van der Waals surface area contributed by atoms with Crippen LogP contribution in [0, 0.1) is 5.92 Å². The number of aryl methyl sites for hydroxylation is 1. The van der Waals surface area contributed by atoms with Crippen LogP contribution in [0.1, 0.15) is 48.0 Å². The van der Waals surface area contributed by atoms with E-state index in [1.54, 1.807) is 35.3 Å². The van der Waals surface area contributed by atoms with Gasteiger partial charge in [0.2, 0.25) is 0 Å². The molecule has 2 saturated heterocycles. The Hall–Kier alpha value is -2.68. The number of nitrogens with zero attached hydrogens (tertiary/aromatic N) is 4. The van der Waals surface area contributed by atoms with Crippen LogP contribution in [0.3, 0.4) is 0 Å². The highest BCUT2D eigenvalue weighted by Gasteiger charge is 2.55. The summed E-state index contributed by atoms with van der Waals surface area (Å²) in [7, 11) is 1.76. The topological polar surface area (TPSA) is 87.5 Å². The first-order chi connectivity index (χ1) is 15.0. The molecule has 8 nitrogen and oxygen atoms in total. The lowest BCUT2D eigenvalue weighted by Crippen LogP contribution is -2.56. The third-order valence-electron chi connectivity index (χ3n) is 6.53. The molecule has 1 atom stereocenters. The van der Waals surface area contributed by atoms with Crippen molar-refractivity contribution in [3.8, 4) is 0 Å². The molecule has 31 heavy (non-hydrogen) atoms. The summed E-state index contributed by atoms with van der Waals surface area (Å²) in [5, 5.41) is 9.16. The Kier molecular flexibility index (Phi) is 6.13. The fraction of sp³-hybridized carbons (Fsp3) is 0.545. The van der Waals surface area contributed by atoms with Crippen LogP contribution in [0.5, 0.6) is 0 Å². The number of nitrogens with one attached hydrogen (secondary N) is 1. The van der Waals surface area contributed by atoms with E-state index >= 15 is 0 Å². The van der Waals surface area contributed by atoms with E-state index in [0.717, 1.165) is 11.3 Å². The predicted molar refractivity (Wildman–Crippen MR) is 118 cm³/mol. The lowest BCUT2D eigenvalue weighted by atomic mass is 9.74. The van der Waals surface area contributed by atoms with E-state index in [0.29, 0.717) is 51.0 Å². The molecular formula is C22H29N5O3S. The van der Waals surface area contributed by atoms with Gasteiger partial charge in [-0.3, -0.25) is 19.2 Å². The number of urea groups is 1. The maximum absolute atomic E-state index is 13.5. The number of amides is 4. The normalized spacial score (nSPS) is 22.3. The molecule has 1 N–H and O–H groups in total. The highest BCUT2D eigenvalue weighted by molar-refractivity contribution is 7.09. The molecule has 1 unspecified atom stereocenters. The van der Waals surface area contributed by atoms with E-state index < -0.39 is 5.54 Å². The number of likely N-dealkylation sites (tertiary alicyclic amines) is 1. The van der Waals surface area contributed by atoms with Crippen molar-refractivity contribution in [2.75, 3.05) is 19.6 Å². The molecule has 2 aromatic rings. The largest absolute Gasteiger partial charge is 0.337 e. The molecule has 9 heteroatoms. The second kappa shape index (κ2) is 8.82. The first kappa shape index (κ1) is 21.5. The highest BCUT2D eigenvalue weighted by Crippen LogP contribution is 2.37. The minimum absolute atomic E-state index is 0.0197. The summed E-state index contributed by atoms with van der Waals surface area (Å²) in [4.78, 5) is 43.4. The minimum Gasteiger partial charge on any atom is -0.337 e. The van der Waals surface area contributed by atoms with Gasteiger partial charge in [-0.1, -0.05) is 19.4 Å². The quantitative estimate of drug-likeness (QED) is 0.667. The van der Waals surface area contributed by atoms with Crippen molar-refractivity contribution in [1.29, 1.82) is 0 Å². The van der Waals surface area contributed by atoms with Gasteiger partial charge in [0, 0.05) is 37.8 Å². The number of carbonyl (C=O) groups is 3. The van der Waals surface area contributed by atoms with Gasteiger partial charge in [0.1, 0.15) is 11.2 Å². The Bertz CT molecular complexity index is 948. The van der Waals surface area contributed by atoms with Crippen LogP contribution in [-0.2, 0) is 18.3 Å². The van der Waals surface area contributed by atoms with Crippen molar-refractivity contribution < 1.29 is 14.4 Å². The summed E-state index contributed by atoms with van der Waals surface area (Å²) in [5.41, 5.74) is -0.296. The SMILES string of the molecule is CCCC1(C2CCN(C(=O)c3ccnn3C)CC2)NC(=O)N(CCc2cccs2)C1=O. The van der Waals surface area contributed by atoms with Crippen LogP contribution >= 0.6 is 11.3 Å². The summed E-state index contributed by atoms with van der Waals surface area (Å²) in [6.07, 6.45) is 5.10. The molecular weight excluding hydrogens is 414 g/mol.